The molecule has 0 aliphatic heterocycles. The standard InChI is InChI=1S/C19H23BrN4O/c1-12(16-23-22-15-4-2-3-5-24(15)16)21-17(25)18-7-13-6-14(8-18)10-19(20,9-13)11-18/h2-5,12-14H,6-11H2,1H3,(H,21,25). The van der Waals surface area contributed by atoms with Gasteiger partial charge in [0.2, 0.25) is 5.91 Å². The van der Waals surface area contributed by atoms with Crippen molar-refractivity contribution in [3.05, 3.63) is 30.2 Å². The molecule has 2 heterocycles. The van der Waals surface area contributed by atoms with Gasteiger partial charge in [0.05, 0.1) is 11.5 Å². The molecule has 0 saturated heterocycles. The number of halogens is 1. The summed E-state index contributed by atoms with van der Waals surface area (Å²) in [4.78, 5) is 13.3. The Morgan fingerprint density at radius 3 is 2.76 bits per heavy atom. The first-order valence-corrected chi connectivity index (χ1v) is 10.1. The fourth-order valence-electron chi connectivity index (χ4n) is 5.99. The number of alkyl halides is 1. The molecule has 6 heteroatoms. The summed E-state index contributed by atoms with van der Waals surface area (Å²) in [6, 6.07) is 5.69. The first-order chi connectivity index (χ1) is 12.0. The normalized spacial score (nSPS) is 37.4. The molecule has 0 radical (unpaired) electrons. The largest absolute Gasteiger partial charge is 0.346 e. The Morgan fingerprint density at radius 1 is 1.28 bits per heavy atom. The number of hydrogen-bond donors (Lipinski definition) is 1. The molecule has 4 aliphatic carbocycles. The summed E-state index contributed by atoms with van der Waals surface area (Å²) in [6.45, 7) is 2.01. The van der Waals surface area contributed by atoms with Crippen LogP contribution in [0.2, 0.25) is 0 Å². The third-order valence-corrected chi connectivity index (χ3v) is 7.47. The minimum atomic E-state index is -0.192. The molecule has 5 nitrogen and oxygen atoms in total. The molecule has 132 valence electrons. The van der Waals surface area contributed by atoms with Crippen molar-refractivity contribution in [3.63, 3.8) is 0 Å². The van der Waals surface area contributed by atoms with E-state index in [2.05, 4.69) is 31.4 Å². The van der Waals surface area contributed by atoms with Crippen molar-refractivity contribution in [2.24, 2.45) is 17.3 Å². The number of aromatic nitrogens is 3. The maximum Gasteiger partial charge on any atom is 0.226 e. The van der Waals surface area contributed by atoms with Crippen LogP contribution in [0.25, 0.3) is 5.65 Å². The number of amides is 1. The van der Waals surface area contributed by atoms with Gasteiger partial charge in [-0.05, 0) is 69.4 Å². The van der Waals surface area contributed by atoms with E-state index in [9.17, 15) is 4.79 Å². The van der Waals surface area contributed by atoms with E-state index in [1.165, 1.54) is 19.3 Å². The summed E-state index contributed by atoms with van der Waals surface area (Å²) in [5, 5.41) is 11.8. The van der Waals surface area contributed by atoms with Gasteiger partial charge in [0, 0.05) is 10.5 Å². The fraction of sp³-hybridized carbons (Fsp3) is 0.632. The van der Waals surface area contributed by atoms with Crippen molar-refractivity contribution in [3.8, 4) is 0 Å². The molecule has 1 amide bonds. The fourth-order valence-corrected chi connectivity index (χ4v) is 7.44. The number of carbonyl (C=O) groups excluding carboxylic acids is 1. The molecule has 6 rings (SSSR count). The third-order valence-electron chi connectivity index (χ3n) is 6.55. The number of fused-ring (bicyclic) bond motifs is 1. The van der Waals surface area contributed by atoms with E-state index >= 15 is 0 Å². The average molecular weight is 403 g/mol. The lowest BCUT2D eigenvalue weighted by molar-refractivity contribution is -0.144. The lowest BCUT2D eigenvalue weighted by atomic mass is 9.49. The number of carbonyl (C=O) groups is 1. The van der Waals surface area contributed by atoms with Gasteiger partial charge >= 0.3 is 0 Å². The summed E-state index contributed by atoms with van der Waals surface area (Å²) in [6.07, 6.45) is 8.82. The van der Waals surface area contributed by atoms with Crippen LogP contribution in [0.5, 0.6) is 0 Å². The second-order valence-electron chi connectivity index (χ2n) is 8.57. The maximum absolute atomic E-state index is 13.3. The van der Waals surface area contributed by atoms with Crippen molar-refractivity contribution < 1.29 is 4.79 Å². The first-order valence-electron chi connectivity index (χ1n) is 9.26. The Kier molecular flexibility index (Phi) is 3.34. The van der Waals surface area contributed by atoms with Crippen LogP contribution in [0, 0.1) is 17.3 Å². The van der Waals surface area contributed by atoms with Crippen molar-refractivity contribution >= 4 is 27.5 Å². The zero-order valence-electron chi connectivity index (χ0n) is 14.4. The minimum Gasteiger partial charge on any atom is -0.346 e. The molecule has 2 aromatic heterocycles. The van der Waals surface area contributed by atoms with Crippen molar-refractivity contribution in [1.29, 1.82) is 0 Å². The number of rotatable bonds is 3. The van der Waals surface area contributed by atoms with Crippen LogP contribution in [0.3, 0.4) is 0 Å². The van der Waals surface area contributed by atoms with Gasteiger partial charge in [-0.3, -0.25) is 9.20 Å². The van der Waals surface area contributed by atoms with Crippen LogP contribution in [-0.2, 0) is 4.79 Å². The van der Waals surface area contributed by atoms with Crippen LogP contribution in [0.4, 0.5) is 0 Å². The van der Waals surface area contributed by atoms with Gasteiger partial charge in [0.15, 0.2) is 11.5 Å². The van der Waals surface area contributed by atoms with Crippen molar-refractivity contribution in [1.82, 2.24) is 19.9 Å². The van der Waals surface area contributed by atoms with Crippen molar-refractivity contribution in [2.75, 3.05) is 0 Å². The molecule has 2 aromatic rings. The third kappa shape index (κ3) is 2.44. The predicted octanol–water partition coefficient (Wildman–Crippen LogP) is 3.64. The lowest BCUT2D eigenvalue weighted by Gasteiger charge is -2.59. The van der Waals surface area contributed by atoms with Crippen LogP contribution >= 0.6 is 15.9 Å². The number of nitrogens with zero attached hydrogens (tertiary/aromatic N) is 3. The maximum atomic E-state index is 13.3. The van der Waals surface area contributed by atoms with Gasteiger partial charge in [0.1, 0.15) is 0 Å². The number of nitrogens with one attached hydrogen (secondary N) is 1. The molecular weight excluding hydrogens is 380 g/mol. The summed E-state index contributed by atoms with van der Waals surface area (Å²) >= 11 is 3.99. The number of hydrogen-bond acceptors (Lipinski definition) is 3. The first kappa shape index (κ1) is 15.8. The highest BCUT2D eigenvalue weighted by molar-refractivity contribution is 9.10. The van der Waals surface area contributed by atoms with E-state index in [4.69, 9.17) is 0 Å². The Bertz CT molecular complexity index is 833. The Hall–Kier alpha value is -1.43. The molecule has 4 aliphatic rings. The highest BCUT2D eigenvalue weighted by Gasteiger charge is 2.59. The SMILES string of the molecule is CC(NC(=O)C12CC3CC(CC(Br)(C3)C1)C2)c1nnc2ccccn12. The topological polar surface area (TPSA) is 59.3 Å². The highest BCUT2D eigenvalue weighted by Crippen LogP contribution is 2.64. The Morgan fingerprint density at radius 2 is 2.04 bits per heavy atom. The monoisotopic (exact) mass is 402 g/mol. The van der Waals surface area contributed by atoms with Gasteiger partial charge in [-0.25, -0.2) is 0 Å². The van der Waals surface area contributed by atoms with Gasteiger partial charge in [-0.2, -0.15) is 0 Å². The molecule has 3 unspecified atom stereocenters. The highest BCUT2D eigenvalue weighted by atomic mass is 79.9. The molecule has 1 N–H and O–H groups in total. The molecule has 4 saturated carbocycles. The van der Waals surface area contributed by atoms with Crippen LogP contribution in [0.1, 0.15) is 57.3 Å². The molecule has 4 bridgehead atoms. The zero-order valence-corrected chi connectivity index (χ0v) is 16.0. The molecule has 3 atom stereocenters. The number of pyridine rings is 1. The quantitative estimate of drug-likeness (QED) is 0.797. The van der Waals surface area contributed by atoms with E-state index in [-0.39, 0.29) is 21.7 Å². The Balaban J connectivity index is 1.40. The van der Waals surface area contributed by atoms with Crippen LogP contribution in [0.15, 0.2) is 24.4 Å². The van der Waals surface area contributed by atoms with Crippen LogP contribution < -0.4 is 5.32 Å². The summed E-state index contributed by atoms with van der Waals surface area (Å²) < 4.78 is 2.15. The predicted molar refractivity (Wildman–Crippen MR) is 98.3 cm³/mol. The van der Waals surface area contributed by atoms with Gasteiger partial charge in [-0.1, -0.05) is 22.0 Å². The van der Waals surface area contributed by atoms with Crippen molar-refractivity contribution in [2.45, 2.75) is 55.8 Å². The molecule has 4 fully saturated rings. The molecular formula is C19H23BrN4O. The summed E-state index contributed by atoms with van der Waals surface area (Å²) in [5.41, 5.74) is 0.621. The van der Waals surface area contributed by atoms with Crippen LogP contribution in [-0.4, -0.2) is 24.8 Å². The minimum absolute atomic E-state index is 0.149. The van der Waals surface area contributed by atoms with E-state index in [1.54, 1.807) is 0 Å². The van der Waals surface area contributed by atoms with E-state index < -0.39 is 0 Å². The smallest absolute Gasteiger partial charge is 0.226 e. The molecule has 25 heavy (non-hydrogen) atoms. The van der Waals surface area contributed by atoms with Gasteiger partial charge < -0.3 is 5.32 Å². The lowest BCUT2D eigenvalue weighted by Crippen LogP contribution is -2.58. The second kappa shape index (κ2) is 5.29. The zero-order chi connectivity index (χ0) is 17.2. The summed E-state index contributed by atoms with van der Waals surface area (Å²) in [5.74, 6) is 2.42. The van der Waals surface area contributed by atoms with E-state index in [0.717, 1.165) is 30.7 Å². The average Bonchev–Trinajstić information content (AvgIpc) is 2.96. The second-order valence-corrected chi connectivity index (χ2v) is 10.3. The van der Waals surface area contributed by atoms with E-state index in [1.807, 2.05) is 35.7 Å². The van der Waals surface area contributed by atoms with Gasteiger partial charge in [0.25, 0.3) is 0 Å². The summed E-state index contributed by atoms with van der Waals surface area (Å²) in [7, 11) is 0. The van der Waals surface area contributed by atoms with Gasteiger partial charge in [-0.15, -0.1) is 10.2 Å². The van der Waals surface area contributed by atoms with E-state index in [0.29, 0.717) is 11.8 Å². The Labute approximate surface area is 155 Å². The molecule has 0 spiro atoms. The molecule has 0 aromatic carbocycles.